The van der Waals surface area contributed by atoms with Crippen LogP contribution in [0, 0.1) is 31.1 Å². The molecule has 108 valence electrons. The van der Waals surface area contributed by atoms with Gasteiger partial charge < -0.3 is 0 Å². The van der Waals surface area contributed by atoms with Crippen molar-refractivity contribution >= 4 is 22.9 Å². The van der Waals surface area contributed by atoms with Gasteiger partial charge in [-0.25, -0.2) is 0 Å². The molecule has 2 atom stereocenters. The minimum atomic E-state index is -0.699. The fourth-order valence-electron chi connectivity index (χ4n) is 4.45. The summed E-state index contributed by atoms with van der Waals surface area (Å²) in [5.41, 5.74) is 0.809. The van der Waals surface area contributed by atoms with E-state index in [-0.39, 0.29) is 11.6 Å². The van der Waals surface area contributed by atoms with Gasteiger partial charge in [-0.1, -0.05) is 26.7 Å². The lowest BCUT2D eigenvalue weighted by atomic mass is 9.79. The van der Waals surface area contributed by atoms with E-state index in [0.29, 0.717) is 11.8 Å². The summed E-state index contributed by atoms with van der Waals surface area (Å²) in [5, 5.41) is 0. The van der Waals surface area contributed by atoms with E-state index in [9.17, 15) is 9.59 Å². The minimum Gasteiger partial charge on any atom is -0.293 e. The Labute approximate surface area is 124 Å². The zero-order valence-corrected chi connectivity index (χ0v) is 13.5. The quantitative estimate of drug-likeness (QED) is 0.747. The average Bonchev–Trinajstić information content (AvgIpc) is 3.01. The molecule has 3 rings (SSSR count). The molecule has 2 aliphatic carbocycles. The number of ketones is 2. The standard InChI is InChI=1S/C17H22O2S/c1-5-11-7-17(8-12(11)6-2)15(18)13-9(3)20-10(4)14(13)16(17)19/h11-12H,5-8H2,1-4H3. The predicted molar refractivity (Wildman–Crippen MR) is 81.7 cm³/mol. The van der Waals surface area contributed by atoms with E-state index in [1.54, 1.807) is 11.3 Å². The summed E-state index contributed by atoms with van der Waals surface area (Å²) in [6.45, 7) is 8.32. The van der Waals surface area contributed by atoms with E-state index in [4.69, 9.17) is 0 Å². The first-order chi connectivity index (χ1) is 9.46. The molecule has 3 heteroatoms. The first kappa shape index (κ1) is 14.0. The summed E-state index contributed by atoms with van der Waals surface area (Å²) in [6, 6.07) is 0. The molecular formula is C17H22O2S. The van der Waals surface area contributed by atoms with Crippen molar-refractivity contribution in [3.05, 3.63) is 20.9 Å². The lowest BCUT2D eigenvalue weighted by Gasteiger charge is -2.20. The van der Waals surface area contributed by atoms with Crippen molar-refractivity contribution in [1.82, 2.24) is 0 Å². The fraction of sp³-hybridized carbons (Fsp3) is 0.647. The Morgan fingerprint density at radius 3 is 1.70 bits per heavy atom. The third kappa shape index (κ3) is 1.56. The number of aryl methyl sites for hydroxylation is 2. The number of carbonyl (C=O) groups excluding carboxylic acids is 2. The van der Waals surface area contributed by atoms with E-state index in [1.165, 1.54) is 0 Å². The summed E-state index contributed by atoms with van der Waals surface area (Å²) in [5.74, 6) is 1.32. The van der Waals surface area contributed by atoms with Crippen LogP contribution in [0.5, 0.6) is 0 Å². The second-order valence-electron chi connectivity index (χ2n) is 6.45. The molecule has 0 bridgehead atoms. The third-order valence-electron chi connectivity index (χ3n) is 5.52. The van der Waals surface area contributed by atoms with Crippen LogP contribution in [-0.4, -0.2) is 11.6 Å². The van der Waals surface area contributed by atoms with Crippen molar-refractivity contribution in [2.24, 2.45) is 17.3 Å². The minimum absolute atomic E-state index is 0.133. The summed E-state index contributed by atoms with van der Waals surface area (Å²) < 4.78 is 0. The Bertz CT molecular complexity index is 546. The average molecular weight is 290 g/mol. The van der Waals surface area contributed by atoms with E-state index < -0.39 is 5.41 Å². The Morgan fingerprint density at radius 2 is 1.35 bits per heavy atom. The van der Waals surface area contributed by atoms with Gasteiger partial charge in [-0.3, -0.25) is 9.59 Å². The number of carbonyl (C=O) groups is 2. The van der Waals surface area contributed by atoms with Gasteiger partial charge in [0.15, 0.2) is 11.6 Å². The normalized spacial score (nSPS) is 27.6. The summed E-state index contributed by atoms with van der Waals surface area (Å²) in [6.07, 6.45) is 3.70. The van der Waals surface area contributed by atoms with Gasteiger partial charge in [0, 0.05) is 20.9 Å². The third-order valence-corrected chi connectivity index (χ3v) is 6.54. The zero-order chi connectivity index (χ0) is 14.7. The second-order valence-corrected chi connectivity index (χ2v) is 7.88. The molecule has 1 spiro atoms. The van der Waals surface area contributed by atoms with Gasteiger partial charge >= 0.3 is 0 Å². The number of hydrogen-bond acceptors (Lipinski definition) is 3. The topological polar surface area (TPSA) is 34.1 Å². The van der Waals surface area contributed by atoms with Crippen LogP contribution in [0.25, 0.3) is 0 Å². The molecule has 2 nitrogen and oxygen atoms in total. The van der Waals surface area contributed by atoms with Crippen molar-refractivity contribution < 1.29 is 9.59 Å². The summed E-state index contributed by atoms with van der Waals surface area (Å²) >= 11 is 1.59. The van der Waals surface area contributed by atoms with Crippen LogP contribution in [0.4, 0.5) is 0 Å². The Morgan fingerprint density at radius 1 is 0.950 bits per heavy atom. The Kier molecular flexibility index (Phi) is 3.16. The van der Waals surface area contributed by atoms with Crippen LogP contribution in [-0.2, 0) is 0 Å². The Hall–Kier alpha value is -0.960. The molecule has 0 radical (unpaired) electrons. The largest absolute Gasteiger partial charge is 0.293 e. The van der Waals surface area contributed by atoms with Crippen LogP contribution < -0.4 is 0 Å². The first-order valence-electron chi connectivity index (χ1n) is 7.65. The Balaban J connectivity index is 2.08. The van der Waals surface area contributed by atoms with Gasteiger partial charge in [-0.15, -0.1) is 11.3 Å². The second kappa shape index (κ2) is 4.52. The molecule has 0 amide bonds. The highest BCUT2D eigenvalue weighted by Gasteiger charge is 2.59. The van der Waals surface area contributed by atoms with E-state index in [1.807, 2.05) is 13.8 Å². The van der Waals surface area contributed by atoms with Crippen molar-refractivity contribution in [1.29, 1.82) is 0 Å². The van der Waals surface area contributed by atoms with Gasteiger partial charge in [-0.05, 0) is 38.5 Å². The maximum Gasteiger partial charge on any atom is 0.178 e. The van der Waals surface area contributed by atoms with Gasteiger partial charge in [0.1, 0.15) is 0 Å². The highest BCUT2D eigenvalue weighted by Crippen LogP contribution is 2.56. The van der Waals surface area contributed by atoms with Gasteiger partial charge in [0.25, 0.3) is 0 Å². The molecule has 1 fully saturated rings. The lowest BCUT2D eigenvalue weighted by molar-refractivity contribution is 0.0694. The molecule has 0 aromatic carbocycles. The maximum absolute atomic E-state index is 13.0. The monoisotopic (exact) mass is 290 g/mol. The van der Waals surface area contributed by atoms with Crippen molar-refractivity contribution in [2.75, 3.05) is 0 Å². The molecule has 1 aromatic rings. The molecule has 1 aromatic heterocycles. The van der Waals surface area contributed by atoms with Crippen LogP contribution >= 0.6 is 11.3 Å². The van der Waals surface area contributed by atoms with E-state index in [2.05, 4.69) is 13.8 Å². The molecule has 20 heavy (non-hydrogen) atoms. The highest BCUT2D eigenvalue weighted by atomic mass is 32.1. The highest BCUT2D eigenvalue weighted by molar-refractivity contribution is 7.12. The van der Waals surface area contributed by atoms with E-state index in [0.717, 1.165) is 46.6 Å². The van der Waals surface area contributed by atoms with Gasteiger partial charge in [0.2, 0.25) is 0 Å². The summed E-state index contributed by atoms with van der Waals surface area (Å²) in [7, 11) is 0. The number of Topliss-reactive ketones (excluding diaryl/α,β-unsaturated/α-hetero) is 2. The molecule has 1 saturated carbocycles. The number of fused-ring (bicyclic) bond motifs is 1. The smallest absolute Gasteiger partial charge is 0.178 e. The zero-order valence-electron chi connectivity index (χ0n) is 12.7. The lowest BCUT2D eigenvalue weighted by Crippen LogP contribution is -2.31. The molecule has 2 aliphatic rings. The molecule has 0 aliphatic heterocycles. The maximum atomic E-state index is 13.0. The van der Waals surface area contributed by atoms with Crippen LogP contribution in [0.15, 0.2) is 0 Å². The number of thiophene rings is 1. The molecule has 2 unspecified atom stereocenters. The van der Waals surface area contributed by atoms with E-state index >= 15 is 0 Å². The molecular weight excluding hydrogens is 268 g/mol. The van der Waals surface area contributed by atoms with Gasteiger partial charge in [-0.2, -0.15) is 0 Å². The van der Waals surface area contributed by atoms with Crippen LogP contribution in [0.2, 0.25) is 0 Å². The molecule has 0 N–H and O–H groups in total. The molecule has 0 saturated heterocycles. The van der Waals surface area contributed by atoms with Gasteiger partial charge in [0.05, 0.1) is 5.41 Å². The number of hydrogen-bond donors (Lipinski definition) is 0. The molecule has 1 heterocycles. The van der Waals surface area contributed by atoms with Crippen LogP contribution in [0.1, 0.15) is 70.0 Å². The van der Waals surface area contributed by atoms with Crippen LogP contribution in [0.3, 0.4) is 0 Å². The van der Waals surface area contributed by atoms with Crippen molar-refractivity contribution in [3.8, 4) is 0 Å². The van der Waals surface area contributed by atoms with Crippen molar-refractivity contribution in [3.63, 3.8) is 0 Å². The summed E-state index contributed by atoms with van der Waals surface area (Å²) in [4.78, 5) is 28.0. The SMILES string of the molecule is CCC1CC2(CC1CC)C(=O)c1c(C)sc(C)c1C2=O. The number of rotatable bonds is 2. The predicted octanol–water partition coefficient (Wildman–Crippen LogP) is 4.58. The first-order valence-corrected chi connectivity index (χ1v) is 8.47. The van der Waals surface area contributed by atoms with Crippen molar-refractivity contribution in [2.45, 2.75) is 53.4 Å². The fourth-order valence-corrected chi connectivity index (χ4v) is 5.50.